The summed E-state index contributed by atoms with van der Waals surface area (Å²) in [7, 11) is 0. The van der Waals surface area contributed by atoms with Crippen LogP contribution in [-0.2, 0) is 0 Å². The molecule has 0 N–H and O–H groups in total. The molecule has 0 bridgehead atoms. The number of hydrogen-bond acceptors (Lipinski definition) is 2. The van der Waals surface area contributed by atoms with Crippen LogP contribution in [0.4, 0.5) is 0 Å². The number of nitrogens with zero attached hydrogens (tertiary/aromatic N) is 3. The van der Waals surface area contributed by atoms with E-state index < -0.39 is 0 Å². The lowest BCUT2D eigenvalue weighted by molar-refractivity contribution is 0.0690. The molecule has 0 saturated heterocycles. The molecule has 1 heterocycles. The monoisotopic (exact) mass is 331 g/mol. The number of carbonyl (C=O) groups excluding carboxylic acids is 1. The normalized spacial score (nSPS) is 14.3. The number of rotatable bonds is 4. The van der Waals surface area contributed by atoms with Crippen molar-refractivity contribution in [2.75, 3.05) is 0 Å². The lowest BCUT2D eigenvalue weighted by atomic mass is 10.1. The average molecular weight is 332 g/mol. The van der Waals surface area contributed by atoms with Crippen molar-refractivity contribution < 1.29 is 4.79 Å². The van der Waals surface area contributed by atoms with Crippen LogP contribution in [0.2, 0.25) is 5.02 Å². The van der Waals surface area contributed by atoms with Crippen molar-refractivity contribution in [2.24, 2.45) is 0 Å². The van der Waals surface area contributed by atoms with Crippen LogP contribution in [0.5, 0.6) is 0 Å². The standard InChI is InChI=1S/C18H22ClN3O/c1-11(2)21(15-9-10-15)18(23)14-5-7-16(8-6-14)22-13(4)17(19)12(3)20-22/h5-8,11,15H,9-10H2,1-4H3. The van der Waals surface area contributed by atoms with E-state index in [0.717, 1.165) is 35.5 Å². The van der Waals surface area contributed by atoms with E-state index in [-0.39, 0.29) is 11.9 Å². The van der Waals surface area contributed by atoms with Crippen LogP contribution in [-0.4, -0.2) is 32.7 Å². The van der Waals surface area contributed by atoms with Gasteiger partial charge in [0.05, 0.1) is 22.1 Å². The SMILES string of the molecule is Cc1nn(-c2ccc(C(=O)N(C(C)C)C3CC3)cc2)c(C)c1Cl. The molecule has 3 rings (SSSR count). The highest BCUT2D eigenvalue weighted by molar-refractivity contribution is 6.31. The topological polar surface area (TPSA) is 38.1 Å². The van der Waals surface area contributed by atoms with Gasteiger partial charge in [-0.25, -0.2) is 4.68 Å². The summed E-state index contributed by atoms with van der Waals surface area (Å²) in [5.74, 6) is 0.112. The smallest absolute Gasteiger partial charge is 0.254 e. The summed E-state index contributed by atoms with van der Waals surface area (Å²) in [5, 5.41) is 5.13. The van der Waals surface area contributed by atoms with E-state index in [1.165, 1.54) is 0 Å². The molecule has 1 aliphatic carbocycles. The van der Waals surface area contributed by atoms with Crippen LogP contribution >= 0.6 is 11.6 Å². The molecule has 1 saturated carbocycles. The number of halogens is 1. The van der Waals surface area contributed by atoms with E-state index in [0.29, 0.717) is 11.1 Å². The van der Waals surface area contributed by atoms with Crippen molar-refractivity contribution in [3.8, 4) is 5.69 Å². The van der Waals surface area contributed by atoms with Crippen LogP contribution in [0.15, 0.2) is 24.3 Å². The second kappa shape index (κ2) is 6.00. The molecule has 23 heavy (non-hydrogen) atoms. The number of carbonyl (C=O) groups is 1. The van der Waals surface area contributed by atoms with E-state index in [1.54, 1.807) is 0 Å². The molecule has 1 fully saturated rings. The molecule has 1 aromatic heterocycles. The first-order chi connectivity index (χ1) is 10.9. The average Bonchev–Trinajstić information content (AvgIpc) is 3.31. The van der Waals surface area contributed by atoms with Crippen molar-refractivity contribution in [1.29, 1.82) is 0 Å². The molecule has 1 aromatic carbocycles. The van der Waals surface area contributed by atoms with Gasteiger partial charge in [0.2, 0.25) is 0 Å². The molecule has 0 spiro atoms. The van der Waals surface area contributed by atoms with Crippen LogP contribution in [0.3, 0.4) is 0 Å². The third kappa shape index (κ3) is 3.00. The minimum absolute atomic E-state index is 0.112. The van der Waals surface area contributed by atoms with Crippen LogP contribution < -0.4 is 0 Å². The number of aryl methyl sites for hydroxylation is 1. The Labute approximate surface area is 142 Å². The first-order valence-corrected chi connectivity index (χ1v) is 8.42. The minimum Gasteiger partial charge on any atom is -0.333 e. The summed E-state index contributed by atoms with van der Waals surface area (Å²) in [5.41, 5.74) is 3.35. The summed E-state index contributed by atoms with van der Waals surface area (Å²) in [4.78, 5) is 14.7. The fourth-order valence-electron chi connectivity index (χ4n) is 2.94. The maximum atomic E-state index is 12.7. The first-order valence-electron chi connectivity index (χ1n) is 8.05. The second-order valence-corrected chi connectivity index (χ2v) is 6.86. The zero-order valence-electron chi connectivity index (χ0n) is 14.0. The molecular weight excluding hydrogens is 310 g/mol. The lowest BCUT2D eigenvalue weighted by Gasteiger charge is -2.26. The zero-order valence-corrected chi connectivity index (χ0v) is 14.8. The Bertz CT molecular complexity index is 727. The first kappa shape index (κ1) is 16.1. The number of amides is 1. The Morgan fingerprint density at radius 3 is 2.30 bits per heavy atom. The van der Waals surface area contributed by atoms with Gasteiger partial charge in [-0.15, -0.1) is 0 Å². The third-order valence-electron chi connectivity index (χ3n) is 4.29. The van der Waals surface area contributed by atoms with E-state index in [9.17, 15) is 4.79 Å². The predicted molar refractivity (Wildman–Crippen MR) is 92.4 cm³/mol. The van der Waals surface area contributed by atoms with Gasteiger partial charge in [-0.05, 0) is 64.8 Å². The van der Waals surface area contributed by atoms with Gasteiger partial charge in [0.1, 0.15) is 0 Å². The van der Waals surface area contributed by atoms with Gasteiger partial charge >= 0.3 is 0 Å². The Kier molecular flexibility index (Phi) is 4.19. The van der Waals surface area contributed by atoms with Crippen molar-refractivity contribution in [1.82, 2.24) is 14.7 Å². The number of benzene rings is 1. The molecule has 122 valence electrons. The van der Waals surface area contributed by atoms with Crippen LogP contribution in [0.1, 0.15) is 48.4 Å². The fourth-order valence-corrected chi connectivity index (χ4v) is 3.06. The molecule has 0 radical (unpaired) electrons. The third-order valence-corrected chi connectivity index (χ3v) is 4.84. The number of aromatic nitrogens is 2. The van der Waals surface area contributed by atoms with Gasteiger partial charge in [-0.1, -0.05) is 11.6 Å². The molecule has 5 heteroatoms. The molecule has 1 aliphatic rings. The van der Waals surface area contributed by atoms with Gasteiger partial charge in [-0.2, -0.15) is 5.10 Å². The van der Waals surface area contributed by atoms with Crippen molar-refractivity contribution in [3.63, 3.8) is 0 Å². The van der Waals surface area contributed by atoms with Gasteiger partial charge in [0, 0.05) is 17.6 Å². The summed E-state index contributed by atoms with van der Waals surface area (Å²) < 4.78 is 1.81. The summed E-state index contributed by atoms with van der Waals surface area (Å²) in [6.07, 6.45) is 2.23. The van der Waals surface area contributed by atoms with E-state index in [1.807, 2.05) is 47.7 Å². The largest absolute Gasteiger partial charge is 0.333 e. The number of hydrogen-bond donors (Lipinski definition) is 0. The lowest BCUT2D eigenvalue weighted by Crippen LogP contribution is -2.38. The van der Waals surface area contributed by atoms with Crippen LogP contribution in [0, 0.1) is 13.8 Å². The van der Waals surface area contributed by atoms with E-state index in [2.05, 4.69) is 18.9 Å². The quantitative estimate of drug-likeness (QED) is 0.843. The van der Waals surface area contributed by atoms with Gasteiger partial charge in [0.25, 0.3) is 5.91 Å². The van der Waals surface area contributed by atoms with E-state index >= 15 is 0 Å². The van der Waals surface area contributed by atoms with Gasteiger partial charge in [0.15, 0.2) is 0 Å². The van der Waals surface area contributed by atoms with Crippen molar-refractivity contribution in [2.45, 2.75) is 52.6 Å². The summed E-state index contributed by atoms with van der Waals surface area (Å²) in [6, 6.07) is 8.24. The highest BCUT2D eigenvalue weighted by atomic mass is 35.5. The Morgan fingerprint density at radius 2 is 1.87 bits per heavy atom. The maximum absolute atomic E-state index is 12.7. The zero-order chi connectivity index (χ0) is 16.7. The van der Waals surface area contributed by atoms with E-state index in [4.69, 9.17) is 11.6 Å². The Morgan fingerprint density at radius 1 is 1.26 bits per heavy atom. The molecule has 2 aromatic rings. The highest BCUT2D eigenvalue weighted by Gasteiger charge is 2.34. The van der Waals surface area contributed by atoms with Crippen molar-refractivity contribution >= 4 is 17.5 Å². The Hall–Kier alpha value is -1.81. The predicted octanol–water partition coefficient (Wildman–Crippen LogP) is 4.16. The van der Waals surface area contributed by atoms with Gasteiger partial charge in [-0.3, -0.25) is 4.79 Å². The van der Waals surface area contributed by atoms with Gasteiger partial charge < -0.3 is 4.90 Å². The highest BCUT2D eigenvalue weighted by Crippen LogP contribution is 2.30. The summed E-state index contributed by atoms with van der Waals surface area (Å²) in [6.45, 7) is 7.97. The molecular formula is C18H22ClN3O. The Balaban J connectivity index is 1.87. The molecule has 0 unspecified atom stereocenters. The molecule has 0 aliphatic heterocycles. The molecule has 4 nitrogen and oxygen atoms in total. The molecule has 0 atom stereocenters. The minimum atomic E-state index is 0.112. The maximum Gasteiger partial charge on any atom is 0.254 e. The van der Waals surface area contributed by atoms with Crippen molar-refractivity contribution in [3.05, 3.63) is 46.2 Å². The second-order valence-electron chi connectivity index (χ2n) is 6.48. The molecule has 1 amide bonds. The summed E-state index contributed by atoms with van der Waals surface area (Å²) >= 11 is 6.20. The van der Waals surface area contributed by atoms with Crippen LogP contribution in [0.25, 0.3) is 5.69 Å². The fraction of sp³-hybridized carbons (Fsp3) is 0.444.